The van der Waals surface area contributed by atoms with E-state index in [0.29, 0.717) is 31.7 Å². The molecule has 1 unspecified atom stereocenters. The molecule has 1 amide bonds. The van der Waals surface area contributed by atoms with Gasteiger partial charge in [-0.1, -0.05) is 26.7 Å². The van der Waals surface area contributed by atoms with Gasteiger partial charge < -0.3 is 4.90 Å². The Morgan fingerprint density at radius 1 is 1.15 bits per heavy atom. The first-order chi connectivity index (χ1) is 12.4. The molecule has 0 N–H and O–H groups in total. The zero-order valence-corrected chi connectivity index (χ0v) is 16.3. The molecule has 2 rings (SSSR count). The van der Waals surface area contributed by atoms with E-state index in [1.165, 1.54) is 28.6 Å². The van der Waals surface area contributed by atoms with E-state index in [-0.39, 0.29) is 16.7 Å². The third kappa shape index (κ3) is 4.63. The Labute approximate surface area is 156 Å². The average molecular weight is 378 g/mol. The summed E-state index contributed by atoms with van der Waals surface area (Å²) >= 11 is 0. The number of nitrogens with zero attached hydrogens (tertiary/aromatic N) is 3. The van der Waals surface area contributed by atoms with E-state index in [9.17, 15) is 13.2 Å². The van der Waals surface area contributed by atoms with E-state index in [1.54, 1.807) is 4.90 Å². The van der Waals surface area contributed by atoms with Crippen LogP contribution in [0.1, 0.15) is 45.1 Å². The molecule has 0 spiro atoms. The Morgan fingerprint density at radius 2 is 1.77 bits per heavy atom. The lowest BCUT2D eigenvalue weighted by Gasteiger charge is -2.35. The molecule has 6 nitrogen and oxygen atoms in total. The zero-order valence-electron chi connectivity index (χ0n) is 15.5. The summed E-state index contributed by atoms with van der Waals surface area (Å²) in [6.45, 7) is 5.61. The largest absolute Gasteiger partial charge is 0.340 e. The summed E-state index contributed by atoms with van der Waals surface area (Å²) in [7, 11) is -3.59. The highest BCUT2D eigenvalue weighted by Gasteiger charge is 2.31. The van der Waals surface area contributed by atoms with Gasteiger partial charge in [0.1, 0.15) is 0 Å². The smallest absolute Gasteiger partial charge is 0.243 e. The fourth-order valence-electron chi connectivity index (χ4n) is 3.21. The summed E-state index contributed by atoms with van der Waals surface area (Å²) in [5.74, 6) is 0.188. The number of hydrogen-bond donors (Lipinski definition) is 0. The van der Waals surface area contributed by atoms with Crippen molar-refractivity contribution < 1.29 is 13.2 Å². The lowest BCUT2D eigenvalue weighted by Crippen LogP contribution is -2.51. The number of nitriles is 1. The monoisotopic (exact) mass is 377 g/mol. The minimum Gasteiger partial charge on any atom is -0.340 e. The maximum Gasteiger partial charge on any atom is 0.243 e. The molecule has 0 aromatic heterocycles. The van der Waals surface area contributed by atoms with Crippen molar-refractivity contribution in [2.75, 3.05) is 26.2 Å². The highest BCUT2D eigenvalue weighted by atomic mass is 32.2. The van der Waals surface area contributed by atoms with E-state index in [4.69, 9.17) is 5.26 Å². The van der Waals surface area contributed by atoms with Gasteiger partial charge in [-0.15, -0.1) is 0 Å². The molecule has 142 valence electrons. The van der Waals surface area contributed by atoms with Crippen LogP contribution in [0.3, 0.4) is 0 Å². The van der Waals surface area contributed by atoms with Crippen LogP contribution in [0.4, 0.5) is 0 Å². The Hall–Kier alpha value is -1.91. The second kappa shape index (κ2) is 9.15. The number of carbonyl (C=O) groups is 1. The van der Waals surface area contributed by atoms with Crippen LogP contribution in [0.15, 0.2) is 29.2 Å². The van der Waals surface area contributed by atoms with Crippen LogP contribution in [0.2, 0.25) is 0 Å². The van der Waals surface area contributed by atoms with E-state index >= 15 is 0 Å². The van der Waals surface area contributed by atoms with Crippen molar-refractivity contribution in [1.29, 1.82) is 5.26 Å². The van der Waals surface area contributed by atoms with Crippen molar-refractivity contribution in [2.24, 2.45) is 5.92 Å². The van der Waals surface area contributed by atoms with Crippen molar-refractivity contribution in [3.63, 3.8) is 0 Å². The first-order valence-electron chi connectivity index (χ1n) is 9.23. The highest BCUT2D eigenvalue weighted by molar-refractivity contribution is 7.89. The molecule has 26 heavy (non-hydrogen) atoms. The number of benzene rings is 1. The van der Waals surface area contributed by atoms with Gasteiger partial charge in [0.05, 0.1) is 16.5 Å². The molecular formula is C19H27N3O3S. The number of sulfonamides is 1. The first-order valence-corrected chi connectivity index (χ1v) is 10.7. The summed E-state index contributed by atoms with van der Waals surface area (Å²) in [4.78, 5) is 14.6. The van der Waals surface area contributed by atoms with E-state index in [0.717, 1.165) is 25.7 Å². The van der Waals surface area contributed by atoms with Crippen LogP contribution >= 0.6 is 0 Å². The number of hydrogen-bond acceptors (Lipinski definition) is 4. The van der Waals surface area contributed by atoms with Crippen LogP contribution in [0.25, 0.3) is 0 Å². The maximum absolute atomic E-state index is 12.7. The molecule has 1 aromatic carbocycles. The van der Waals surface area contributed by atoms with E-state index < -0.39 is 10.0 Å². The van der Waals surface area contributed by atoms with Gasteiger partial charge in [-0.2, -0.15) is 9.57 Å². The topological polar surface area (TPSA) is 81.5 Å². The number of piperazine rings is 1. The van der Waals surface area contributed by atoms with Gasteiger partial charge in [-0.3, -0.25) is 4.79 Å². The number of unbranched alkanes of at least 4 members (excludes halogenated alkanes) is 1. The third-order valence-electron chi connectivity index (χ3n) is 4.92. The molecule has 0 radical (unpaired) electrons. The maximum atomic E-state index is 12.7. The van der Waals surface area contributed by atoms with Crippen LogP contribution in [-0.2, 0) is 14.8 Å². The summed E-state index contributed by atoms with van der Waals surface area (Å²) in [6.07, 6.45) is 3.83. The van der Waals surface area contributed by atoms with Gasteiger partial charge in [0.2, 0.25) is 15.9 Å². The fraction of sp³-hybridized carbons (Fsp3) is 0.579. The van der Waals surface area contributed by atoms with Gasteiger partial charge in [-0.25, -0.2) is 8.42 Å². The van der Waals surface area contributed by atoms with Gasteiger partial charge in [0, 0.05) is 32.1 Å². The van der Waals surface area contributed by atoms with Crippen molar-refractivity contribution in [1.82, 2.24) is 9.21 Å². The number of carbonyl (C=O) groups excluding carboxylic acids is 1. The van der Waals surface area contributed by atoms with Crippen molar-refractivity contribution in [2.45, 2.75) is 44.4 Å². The SMILES string of the molecule is CCCCC(CC)C(=O)N1CCN(S(=O)(=O)c2ccc(C#N)cc2)CC1. The molecule has 0 saturated carbocycles. The summed E-state index contributed by atoms with van der Waals surface area (Å²) in [5.41, 5.74) is 0.428. The Balaban J connectivity index is 2.00. The van der Waals surface area contributed by atoms with Crippen molar-refractivity contribution in [3.05, 3.63) is 29.8 Å². The Morgan fingerprint density at radius 3 is 2.27 bits per heavy atom. The van der Waals surface area contributed by atoms with E-state index in [1.807, 2.05) is 13.0 Å². The molecule has 0 bridgehead atoms. The summed E-state index contributed by atoms with van der Waals surface area (Å²) in [6, 6.07) is 7.92. The first kappa shape index (κ1) is 20.4. The average Bonchev–Trinajstić information content (AvgIpc) is 2.68. The molecule has 1 aliphatic rings. The zero-order chi connectivity index (χ0) is 19.2. The molecule has 1 atom stereocenters. The van der Waals surface area contributed by atoms with E-state index in [2.05, 4.69) is 6.92 Å². The molecule has 7 heteroatoms. The van der Waals surface area contributed by atoms with Gasteiger partial charge in [0.25, 0.3) is 0 Å². The van der Waals surface area contributed by atoms with Gasteiger partial charge in [0.15, 0.2) is 0 Å². The molecular weight excluding hydrogens is 350 g/mol. The third-order valence-corrected chi connectivity index (χ3v) is 6.83. The standard InChI is InChI=1S/C19H27N3O3S/c1-3-5-6-17(4-2)19(23)21-11-13-22(14-12-21)26(24,25)18-9-7-16(15-20)8-10-18/h7-10,17H,3-6,11-14H2,1-2H3. The van der Waals surface area contributed by atoms with Crippen molar-refractivity contribution in [3.8, 4) is 6.07 Å². The quantitative estimate of drug-likeness (QED) is 0.731. The van der Waals surface area contributed by atoms with Crippen LogP contribution in [0, 0.1) is 17.2 Å². The van der Waals surface area contributed by atoms with Crippen LogP contribution in [0.5, 0.6) is 0 Å². The Bertz CT molecular complexity index is 745. The van der Waals surface area contributed by atoms with Crippen LogP contribution < -0.4 is 0 Å². The molecule has 1 heterocycles. The molecule has 0 aliphatic carbocycles. The van der Waals surface area contributed by atoms with Gasteiger partial charge in [-0.05, 0) is 37.1 Å². The Kier molecular flexibility index (Phi) is 7.18. The summed E-state index contributed by atoms with van der Waals surface area (Å²) in [5, 5.41) is 8.83. The number of amides is 1. The molecule has 1 aromatic rings. The molecule has 1 aliphatic heterocycles. The van der Waals surface area contributed by atoms with Gasteiger partial charge >= 0.3 is 0 Å². The fourth-order valence-corrected chi connectivity index (χ4v) is 4.63. The summed E-state index contributed by atoms with van der Waals surface area (Å²) < 4.78 is 26.9. The molecule has 1 fully saturated rings. The minimum absolute atomic E-state index is 0.0385. The lowest BCUT2D eigenvalue weighted by atomic mass is 9.97. The molecule has 1 saturated heterocycles. The predicted octanol–water partition coefficient (Wildman–Crippen LogP) is 2.61. The van der Waals surface area contributed by atoms with Crippen LogP contribution in [-0.4, -0.2) is 49.7 Å². The minimum atomic E-state index is -3.59. The second-order valence-electron chi connectivity index (χ2n) is 6.61. The second-order valence-corrected chi connectivity index (χ2v) is 8.55. The predicted molar refractivity (Wildman–Crippen MR) is 99.8 cm³/mol. The lowest BCUT2D eigenvalue weighted by molar-refractivity contribution is -0.137. The normalized spacial score (nSPS) is 16.9. The highest BCUT2D eigenvalue weighted by Crippen LogP contribution is 2.21. The number of rotatable bonds is 7. The van der Waals surface area contributed by atoms with Crippen molar-refractivity contribution >= 4 is 15.9 Å².